The van der Waals surface area contributed by atoms with Crippen molar-refractivity contribution in [3.05, 3.63) is 41.7 Å². The Balaban J connectivity index is 2.31. The zero-order valence-corrected chi connectivity index (χ0v) is 8.82. The third kappa shape index (κ3) is 2.47. The topological polar surface area (TPSA) is 70.7 Å². The zero-order chi connectivity index (χ0) is 13.2. The number of halogens is 3. The summed E-state index contributed by atoms with van der Waals surface area (Å²) >= 11 is 0. The summed E-state index contributed by atoms with van der Waals surface area (Å²) < 4.78 is 38.0. The van der Waals surface area contributed by atoms with Crippen molar-refractivity contribution in [1.82, 2.24) is 15.2 Å². The highest BCUT2D eigenvalue weighted by Gasteiger charge is 2.34. The van der Waals surface area contributed by atoms with Crippen LogP contribution in [0.3, 0.4) is 0 Å². The second-order valence-electron chi connectivity index (χ2n) is 3.33. The first-order chi connectivity index (χ1) is 8.48. The van der Waals surface area contributed by atoms with Crippen LogP contribution in [0.1, 0.15) is 15.9 Å². The zero-order valence-electron chi connectivity index (χ0n) is 8.82. The molecule has 1 heterocycles. The third-order valence-corrected chi connectivity index (χ3v) is 2.12. The van der Waals surface area contributed by atoms with Gasteiger partial charge in [0.1, 0.15) is 6.33 Å². The Hall–Kier alpha value is -2.38. The second-order valence-corrected chi connectivity index (χ2v) is 3.33. The molecule has 0 saturated carbocycles. The molecule has 8 heteroatoms. The number of alkyl halides is 3. The number of H-pyrrole nitrogens is 1. The van der Waals surface area contributed by atoms with Gasteiger partial charge in [-0.1, -0.05) is 12.1 Å². The fourth-order valence-corrected chi connectivity index (χ4v) is 1.37. The summed E-state index contributed by atoms with van der Waals surface area (Å²) in [6.45, 7) is 0. The van der Waals surface area contributed by atoms with Crippen molar-refractivity contribution >= 4 is 11.9 Å². The molecular weight excluding hydrogens is 249 g/mol. The molecule has 18 heavy (non-hydrogen) atoms. The van der Waals surface area contributed by atoms with Gasteiger partial charge in [-0.15, -0.1) is 0 Å². The summed E-state index contributed by atoms with van der Waals surface area (Å²) in [6.07, 6.45) is -3.46. The Morgan fingerprint density at radius 3 is 2.61 bits per heavy atom. The van der Waals surface area contributed by atoms with E-state index in [1.54, 1.807) is 0 Å². The fourth-order valence-electron chi connectivity index (χ4n) is 1.37. The van der Waals surface area contributed by atoms with E-state index in [4.69, 9.17) is 0 Å². The minimum Gasteiger partial charge on any atom is -0.291 e. The molecular formula is C10H7F3N4O. The maximum Gasteiger partial charge on any atom is 0.417 e. The van der Waals surface area contributed by atoms with Gasteiger partial charge in [-0.3, -0.25) is 10.1 Å². The average Bonchev–Trinajstić information content (AvgIpc) is 2.80. The molecule has 1 aromatic carbocycles. The van der Waals surface area contributed by atoms with Crippen molar-refractivity contribution in [1.29, 1.82) is 0 Å². The van der Waals surface area contributed by atoms with Crippen molar-refractivity contribution in [2.45, 2.75) is 6.18 Å². The predicted octanol–water partition coefficient (Wildman–Crippen LogP) is 2.08. The maximum atomic E-state index is 12.7. The van der Waals surface area contributed by atoms with Crippen LogP contribution < -0.4 is 5.32 Å². The molecule has 0 fully saturated rings. The molecule has 0 aliphatic carbocycles. The molecule has 2 rings (SSSR count). The normalized spacial score (nSPS) is 11.3. The molecule has 0 atom stereocenters. The Morgan fingerprint density at radius 1 is 1.28 bits per heavy atom. The van der Waals surface area contributed by atoms with Crippen molar-refractivity contribution in [2.75, 3.05) is 5.32 Å². The summed E-state index contributed by atoms with van der Waals surface area (Å²) in [7, 11) is 0. The van der Waals surface area contributed by atoms with Crippen molar-refractivity contribution in [3.63, 3.8) is 0 Å². The van der Waals surface area contributed by atoms with Crippen molar-refractivity contribution in [2.24, 2.45) is 0 Å². The monoisotopic (exact) mass is 256 g/mol. The van der Waals surface area contributed by atoms with Crippen LogP contribution in [0.5, 0.6) is 0 Å². The number of nitrogens with one attached hydrogen (secondary N) is 2. The lowest BCUT2D eigenvalue weighted by Gasteiger charge is -2.11. The number of amides is 1. The Morgan fingerprint density at radius 2 is 2.00 bits per heavy atom. The number of hydrogen-bond donors (Lipinski definition) is 2. The van der Waals surface area contributed by atoms with Crippen LogP contribution in [0, 0.1) is 0 Å². The van der Waals surface area contributed by atoms with Gasteiger partial charge in [0.25, 0.3) is 5.91 Å². The molecule has 1 amide bonds. The number of hydrogen-bond acceptors (Lipinski definition) is 3. The van der Waals surface area contributed by atoms with Gasteiger partial charge in [0, 0.05) is 0 Å². The molecule has 0 aliphatic heterocycles. The van der Waals surface area contributed by atoms with E-state index in [-0.39, 0.29) is 5.95 Å². The summed E-state index contributed by atoms with van der Waals surface area (Å²) in [5.74, 6) is -0.920. The molecule has 5 nitrogen and oxygen atoms in total. The van der Waals surface area contributed by atoms with Gasteiger partial charge in [0.15, 0.2) is 0 Å². The largest absolute Gasteiger partial charge is 0.417 e. The molecule has 0 spiro atoms. The van der Waals surface area contributed by atoms with Crippen LogP contribution in [0.4, 0.5) is 19.1 Å². The summed E-state index contributed by atoms with van der Waals surface area (Å²) in [4.78, 5) is 15.3. The van der Waals surface area contributed by atoms with Crippen LogP contribution in [-0.2, 0) is 6.18 Å². The summed E-state index contributed by atoms with van der Waals surface area (Å²) in [5, 5.41) is 7.97. The molecule has 2 N–H and O–H groups in total. The standard InChI is InChI=1S/C10H7F3N4O/c11-10(12,13)7-4-2-1-3-6(7)8(18)16-9-14-5-15-17-9/h1-5H,(H2,14,15,16,17,18). The molecule has 0 aliphatic rings. The number of carbonyl (C=O) groups is 1. The number of anilines is 1. The fraction of sp³-hybridized carbons (Fsp3) is 0.100. The van der Waals surface area contributed by atoms with E-state index >= 15 is 0 Å². The highest BCUT2D eigenvalue weighted by Crippen LogP contribution is 2.31. The van der Waals surface area contributed by atoms with E-state index in [1.165, 1.54) is 12.1 Å². The first kappa shape index (κ1) is 12.1. The maximum absolute atomic E-state index is 12.7. The van der Waals surface area contributed by atoms with Gasteiger partial charge < -0.3 is 0 Å². The molecule has 0 bridgehead atoms. The lowest BCUT2D eigenvalue weighted by molar-refractivity contribution is -0.137. The van der Waals surface area contributed by atoms with Crippen LogP contribution in [0.25, 0.3) is 0 Å². The highest BCUT2D eigenvalue weighted by atomic mass is 19.4. The number of nitrogens with zero attached hydrogens (tertiary/aromatic N) is 2. The van der Waals surface area contributed by atoms with E-state index in [0.717, 1.165) is 18.5 Å². The van der Waals surface area contributed by atoms with Gasteiger partial charge in [0.05, 0.1) is 11.1 Å². The minimum atomic E-state index is -4.59. The molecule has 2 aromatic rings. The van der Waals surface area contributed by atoms with Crippen LogP contribution in [-0.4, -0.2) is 21.1 Å². The predicted molar refractivity (Wildman–Crippen MR) is 55.8 cm³/mol. The average molecular weight is 256 g/mol. The Bertz CT molecular complexity index is 551. The van der Waals surface area contributed by atoms with E-state index < -0.39 is 23.2 Å². The van der Waals surface area contributed by atoms with Gasteiger partial charge in [0.2, 0.25) is 5.95 Å². The molecule has 0 radical (unpaired) electrons. The quantitative estimate of drug-likeness (QED) is 0.864. The first-order valence-corrected chi connectivity index (χ1v) is 4.81. The molecule has 0 saturated heterocycles. The lowest BCUT2D eigenvalue weighted by Crippen LogP contribution is -2.19. The third-order valence-electron chi connectivity index (χ3n) is 2.12. The molecule has 0 unspecified atom stereocenters. The van der Waals surface area contributed by atoms with E-state index in [1.807, 2.05) is 0 Å². The number of carbonyl (C=O) groups excluding carboxylic acids is 1. The number of aromatic nitrogens is 3. The highest BCUT2D eigenvalue weighted by molar-refractivity contribution is 6.04. The first-order valence-electron chi connectivity index (χ1n) is 4.81. The second kappa shape index (κ2) is 4.47. The number of aromatic amines is 1. The Kier molecular flexibility index (Phi) is 3.00. The summed E-state index contributed by atoms with van der Waals surface area (Å²) in [6, 6.07) is 4.50. The van der Waals surface area contributed by atoms with Gasteiger partial charge in [-0.2, -0.15) is 23.3 Å². The van der Waals surface area contributed by atoms with Crippen molar-refractivity contribution in [3.8, 4) is 0 Å². The minimum absolute atomic E-state index is 0.0167. The van der Waals surface area contributed by atoms with Gasteiger partial charge >= 0.3 is 6.18 Å². The van der Waals surface area contributed by atoms with E-state index in [0.29, 0.717) is 0 Å². The smallest absolute Gasteiger partial charge is 0.291 e. The van der Waals surface area contributed by atoms with Crippen LogP contribution >= 0.6 is 0 Å². The molecule has 1 aromatic heterocycles. The number of benzene rings is 1. The van der Waals surface area contributed by atoms with E-state index in [2.05, 4.69) is 20.5 Å². The SMILES string of the molecule is O=C(Nc1ncn[nH]1)c1ccccc1C(F)(F)F. The van der Waals surface area contributed by atoms with E-state index in [9.17, 15) is 18.0 Å². The van der Waals surface area contributed by atoms with Gasteiger partial charge in [-0.25, -0.2) is 5.10 Å². The Labute approximate surface area is 99.0 Å². The lowest BCUT2D eigenvalue weighted by atomic mass is 10.1. The number of rotatable bonds is 2. The molecule has 94 valence electrons. The van der Waals surface area contributed by atoms with Gasteiger partial charge in [-0.05, 0) is 12.1 Å². The summed E-state index contributed by atoms with van der Waals surface area (Å²) in [5.41, 5.74) is -1.47. The van der Waals surface area contributed by atoms with Crippen LogP contribution in [0.15, 0.2) is 30.6 Å². The van der Waals surface area contributed by atoms with Crippen molar-refractivity contribution < 1.29 is 18.0 Å². The van der Waals surface area contributed by atoms with Crippen LogP contribution in [0.2, 0.25) is 0 Å².